The lowest BCUT2D eigenvalue weighted by molar-refractivity contribution is 0.418. The molecule has 1 rings (SSSR count). The average molecular weight is 217 g/mol. The number of allylic oxidation sites excluding steroid dienone is 1. The fourth-order valence-electron chi connectivity index (χ4n) is 0.743. The third-order valence-corrected chi connectivity index (χ3v) is 2.18. The van der Waals surface area contributed by atoms with Crippen molar-refractivity contribution >= 4 is 11.8 Å². The molecule has 0 spiro atoms. The van der Waals surface area contributed by atoms with Crippen molar-refractivity contribution in [2.75, 3.05) is 5.75 Å². The molecule has 1 heterocycles. The second-order valence-corrected chi connectivity index (χ2v) is 3.57. The molecule has 76 valence electrons. The van der Waals surface area contributed by atoms with E-state index in [2.05, 4.69) is 15.2 Å². The molecular formula is C8H9F2N3S. The van der Waals surface area contributed by atoms with Crippen LogP contribution >= 0.6 is 11.8 Å². The van der Waals surface area contributed by atoms with Gasteiger partial charge in [-0.3, -0.25) is 0 Å². The van der Waals surface area contributed by atoms with Crippen LogP contribution in [0.5, 0.6) is 0 Å². The van der Waals surface area contributed by atoms with E-state index in [1.54, 1.807) is 13.1 Å². The minimum Gasteiger partial charge on any atom is -0.225 e. The third kappa shape index (κ3) is 4.27. The number of halogens is 2. The van der Waals surface area contributed by atoms with E-state index in [1.807, 2.05) is 0 Å². The van der Waals surface area contributed by atoms with Crippen LogP contribution in [0.4, 0.5) is 8.78 Å². The Morgan fingerprint density at radius 3 is 3.00 bits per heavy atom. The van der Waals surface area contributed by atoms with Crippen molar-refractivity contribution in [3.63, 3.8) is 0 Å². The molecule has 3 nitrogen and oxygen atoms in total. The molecule has 0 aliphatic carbocycles. The number of rotatable bonds is 4. The Kier molecular flexibility index (Phi) is 4.45. The Morgan fingerprint density at radius 1 is 1.57 bits per heavy atom. The first kappa shape index (κ1) is 11.0. The lowest BCUT2D eigenvalue weighted by Crippen LogP contribution is -1.92. The quantitative estimate of drug-likeness (QED) is 0.573. The van der Waals surface area contributed by atoms with Crippen molar-refractivity contribution in [2.45, 2.75) is 18.5 Å². The summed E-state index contributed by atoms with van der Waals surface area (Å²) in [6.07, 6.45) is 1.10. The number of aromatic nitrogens is 3. The topological polar surface area (TPSA) is 38.7 Å². The van der Waals surface area contributed by atoms with Gasteiger partial charge in [0.25, 0.3) is 6.08 Å². The first-order valence-electron chi connectivity index (χ1n) is 3.99. The van der Waals surface area contributed by atoms with Crippen molar-refractivity contribution in [3.8, 4) is 0 Å². The van der Waals surface area contributed by atoms with Gasteiger partial charge in [-0.05, 0) is 19.4 Å². The van der Waals surface area contributed by atoms with Gasteiger partial charge in [0.05, 0.1) is 11.9 Å². The van der Waals surface area contributed by atoms with Crippen LogP contribution in [-0.4, -0.2) is 20.9 Å². The smallest absolute Gasteiger partial charge is 0.225 e. The monoisotopic (exact) mass is 217 g/mol. The fourth-order valence-corrected chi connectivity index (χ4v) is 1.47. The number of hydrogen-bond acceptors (Lipinski definition) is 4. The highest BCUT2D eigenvalue weighted by atomic mass is 32.2. The lowest BCUT2D eigenvalue weighted by atomic mass is 10.5. The lowest BCUT2D eigenvalue weighted by Gasteiger charge is -1.96. The van der Waals surface area contributed by atoms with Crippen molar-refractivity contribution in [2.24, 2.45) is 0 Å². The van der Waals surface area contributed by atoms with Gasteiger partial charge in [-0.1, -0.05) is 11.8 Å². The SMILES string of the molecule is Cc1cnnc(SCCC=C(F)F)n1. The fraction of sp³-hybridized carbons (Fsp3) is 0.375. The van der Waals surface area contributed by atoms with Crippen LogP contribution < -0.4 is 0 Å². The summed E-state index contributed by atoms with van der Waals surface area (Å²) in [5, 5.41) is 7.98. The number of thioether (sulfide) groups is 1. The molecule has 14 heavy (non-hydrogen) atoms. The van der Waals surface area contributed by atoms with Crippen molar-refractivity contribution in [1.82, 2.24) is 15.2 Å². The molecule has 0 aliphatic rings. The zero-order valence-electron chi connectivity index (χ0n) is 7.57. The maximum Gasteiger partial charge on any atom is 0.266 e. The van der Waals surface area contributed by atoms with Crippen LogP contribution in [0.25, 0.3) is 0 Å². The molecule has 0 radical (unpaired) electrons. The van der Waals surface area contributed by atoms with E-state index >= 15 is 0 Å². The summed E-state index contributed by atoms with van der Waals surface area (Å²) < 4.78 is 23.3. The van der Waals surface area contributed by atoms with Gasteiger partial charge in [0.15, 0.2) is 0 Å². The predicted octanol–water partition coefficient (Wildman–Crippen LogP) is 2.44. The van der Waals surface area contributed by atoms with Crippen molar-refractivity contribution in [3.05, 3.63) is 24.0 Å². The molecule has 1 aromatic rings. The van der Waals surface area contributed by atoms with Gasteiger partial charge in [-0.2, -0.15) is 13.9 Å². The van der Waals surface area contributed by atoms with Gasteiger partial charge in [0.1, 0.15) is 0 Å². The number of nitrogens with zero attached hydrogens (tertiary/aromatic N) is 3. The third-order valence-electron chi connectivity index (χ3n) is 1.31. The number of hydrogen-bond donors (Lipinski definition) is 0. The molecule has 0 bridgehead atoms. The van der Waals surface area contributed by atoms with Crippen molar-refractivity contribution in [1.29, 1.82) is 0 Å². The Morgan fingerprint density at radius 2 is 2.36 bits per heavy atom. The molecule has 0 aliphatic heterocycles. The molecule has 0 saturated heterocycles. The highest BCUT2D eigenvalue weighted by molar-refractivity contribution is 7.99. The van der Waals surface area contributed by atoms with E-state index < -0.39 is 6.08 Å². The molecule has 1 aromatic heterocycles. The van der Waals surface area contributed by atoms with Crippen LogP contribution in [0, 0.1) is 6.92 Å². The molecule has 0 amide bonds. The van der Waals surface area contributed by atoms with Crippen LogP contribution in [0.1, 0.15) is 12.1 Å². The largest absolute Gasteiger partial charge is 0.266 e. The van der Waals surface area contributed by atoms with E-state index in [9.17, 15) is 8.78 Å². The summed E-state index contributed by atoms with van der Waals surface area (Å²) in [6, 6.07) is 0. The van der Waals surface area contributed by atoms with E-state index in [0.717, 1.165) is 11.8 Å². The number of aryl methyl sites for hydroxylation is 1. The molecule has 0 saturated carbocycles. The van der Waals surface area contributed by atoms with Gasteiger partial charge in [-0.15, -0.1) is 5.10 Å². The summed E-state index contributed by atoms with van der Waals surface area (Å²) in [5.41, 5.74) is 0.773. The summed E-state index contributed by atoms with van der Waals surface area (Å²) in [7, 11) is 0. The molecule has 0 unspecified atom stereocenters. The Bertz CT molecular complexity index is 326. The zero-order valence-corrected chi connectivity index (χ0v) is 8.39. The zero-order chi connectivity index (χ0) is 10.4. The van der Waals surface area contributed by atoms with Gasteiger partial charge < -0.3 is 0 Å². The summed E-state index contributed by atoms with van der Waals surface area (Å²) in [6.45, 7) is 1.81. The van der Waals surface area contributed by atoms with Gasteiger partial charge in [-0.25, -0.2) is 4.98 Å². The molecule has 0 atom stereocenters. The second kappa shape index (κ2) is 5.64. The Hall–Kier alpha value is -1.04. The molecule has 0 N–H and O–H groups in total. The van der Waals surface area contributed by atoms with E-state index in [4.69, 9.17) is 0 Å². The van der Waals surface area contributed by atoms with Crippen LogP contribution in [-0.2, 0) is 0 Å². The van der Waals surface area contributed by atoms with Crippen LogP contribution in [0.3, 0.4) is 0 Å². The normalized spacial score (nSPS) is 9.93. The van der Waals surface area contributed by atoms with Crippen LogP contribution in [0.15, 0.2) is 23.5 Å². The first-order valence-corrected chi connectivity index (χ1v) is 4.97. The second-order valence-electron chi connectivity index (χ2n) is 2.51. The minimum absolute atomic E-state index is 0.310. The minimum atomic E-state index is -1.64. The van der Waals surface area contributed by atoms with E-state index in [0.29, 0.717) is 17.3 Å². The summed E-state index contributed by atoms with van der Waals surface area (Å²) in [4.78, 5) is 4.07. The van der Waals surface area contributed by atoms with E-state index in [-0.39, 0.29) is 0 Å². The maximum absolute atomic E-state index is 11.6. The molecular weight excluding hydrogens is 208 g/mol. The predicted molar refractivity (Wildman–Crippen MR) is 50.2 cm³/mol. The summed E-state index contributed by atoms with van der Waals surface area (Å²) >= 11 is 1.31. The van der Waals surface area contributed by atoms with Gasteiger partial charge in [0, 0.05) is 5.75 Å². The molecule has 0 aromatic carbocycles. The first-order chi connectivity index (χ1) is 6.68. The van der Waals surface area contributed by atoms with Crippen LogP contribution in [0.2, 0.25) is 0 Å². The molecule has 0 fully saturated rings. The van der Waals surface area contributed by atoms with Gasteiger partial charge in [0.2, 0.25) is 5.16 Å². The summed E-state index contributed by atoms with van der Waals surface area (Å²) in [5.74, 6) is 0.530. The van der Waals surface area contributed by atoms with Gasteiger partial charge >= 0.3 is 0 Å². The highest BCUT2D eigenvalue weighted by Gasteiger charge is 1.98. The van der Waals surface area contributed by atoms with E-state index in [1.165, 1.54) is 11.8 Å². The maximum atomic E-state index is 11.6. The molecule has 6 heteroatoms. The Balaban J connectivity index is 2.35. The standard InChI is InChI=1S/C8H9F2N3S/c1-6-5-11-13-8(12-6)14-4-2-3-7(9)10/h3,5H,2,4H2,1H3. The van der Waals surface area contributed by atoms with Crippen molar-refractivity contribution < 1.29 is 8.78 Å². The Labute approximate surface area is 84.6 Å². The highest BCUT2D eigenvalue weighted by Crippen LogP contribution is 2.13. The average Bonchev–Trinajstić information content (AvgIpc) is 2.12.